The van der Waals surface area contributed by atoms with Crippen molar-refractivity contribution in [2.24, 2.45) is 5.41 Å². The molecule has 0 heterocycles. The molecule has 1 saturated carbocycles. The number of hydrogen-bond donors (Lipinski definition) is 2. The Balaban J connectivity index is 2.26. The third kappa shape index (κ3) is 2.17. The second-order valence-corrected chi connectivity index (χ2v) is 5.49. The Hall–Kier alpha value is -0.380. The molecule has 1 aromatic rings. The van der Waals surface area contributed by atoms with Crippen LogP contribution in [0.15, 0.2) is 28.7 Å². The minimum absolute atomic E-state index is 0.410. The normalized spacial score (nSPS) is 19.4. The minimum atomic E-state index is 0.410. The molecule has 2 N–H and O–H groups in total. The summed E-state index contributed by atoms with van der Waals surface area (Å²) in [5.74, 6) is 0. The molecule has 0 bridgehead atoms. The van der Waals surface area contributed by atoms with Crippen molar-refractivity contribution >= 4 is 15.9 Å². The minimum Gasteiger partial charge on any atom is -0.319 e. The molecule has 0 aliphatic heterocycles. The molecule has 1 aliphatic rings. The van der Waals surface area contributed by atoms with E-state index in [1.165, 1.54) is 22.9 Å². The Labute approximate surface area is 106 Å². The van der Waals surface area contributed by atoms with Crippen LogP contribution in [-0.2, 0) is 0 Å². The first-order valence-electron chi connectivity index (χ1n) is 5.80. The van der Waals surface area contributed by atoms with Gasteiger partial charge in [-0.2, -0.15) is 0 Å². The predicted molar refractivity (Wildman–Crippen MR) is 71.5 cm³/mol. The van der Waals surface area contributed by atoms with E-state index < -0.39 is 0 Å². The van der Waals surface area contributed by atoms with E-state index in [1.54, 1.807) is 0 Å². The number of hydrogen-bond acceptors (Lipinski definition) is 2. The molecule has 88 valence electrons. The van der Waals surface area contributed by atoms with Gasteiger partial charge in [-0.15, -0.1) is 0 Å². The highest BCUT2D eigenvalue weighted by molar-refractivity contribution is 9.10. The van der Waals surface area contributed by atoms with E-state index in [1.807, 2.05) is 7.05 Å². The van der Waals surface area contributed by atoms with Crippen molar-refractivity contribution in [3.05, 3.63) is 34.3 Å². The fourth-order valence-corrected chi connectivity index (χ4v) is 3.09. The SMILES string of the molecule is CNCC1(C(NC)c2ccccc2Br)CC1. The van der Waals surface area contributed by atoms with E-state index in [-0.39, 0.29) is 0 Å². The summed E-state index contributed by atoms with van der Waals surface area (Å²) in [6, 6.07) is 8.95. The Bertz CT molecular complexity index is 361. The molecular weight excluding hydrogens is 264 g/mol. The first-order valence-corrected chi connectivity index (χ1v) is 6.59. The predicted octanol–water partition coefficient (Wildman–Crippen LogP) is 2.71. The number of nitrogens with one attached hydrogen (secondary N) is 2. The van der Waals surface area contributed by atoms with Crippen LogP contribution in [0.5, 0.6) is 0 Å². The van der Waals surface area contributed by atoms with Crippen molar-refractivity contribution in [3.63, 3.8) is 0 Å². The Morgan fingerprint density at radius 1 is 1.31 bits per heavy atom. The Morgan fingerprint density at radius 2 is 2.00 bits per heavy atom. The zero-order chi connectivity index (χ0) is 11.6. The van der Waals surface area contributed by atoms with Crippen LogP contribution in [0.3, 0.4) is 0 Å². The molecule has 2 nitrogen and oxygen atoms in total. The molecule has 1 unspecified atom stereocenters. The van der Waals surface area contributed by atoms with Crippen LogP contribution in [0.4, 0.5) is 0 Å². The first kappa shape index (κ1) is 12.1. The largest absolute Gasteiger partial charge is 0.319 e. The lowest BCUT2D eigenvalue weighted by Crippen LogP contribution is -2.33. The smallest absolute Gasteiger partial charge is 0.0398 e. The molecule has 1 aromatic carbocycles. The van der Waals surface area contributed by atoms with Crippen molar-refractivity contribution in [1.29, 1.82) is 0 Å². The van der Waals surface area contributed by atoms with Crippen LogP contribution in [0.1, 0.15) is 24.4 Å². The maximum Gasteiger partial charge on any atom is 0.0398 e. The van der Waals surface area contributed by atoms with Crippen LogP contribution in [-0.4, -0.2) is 20.6 Å². The zero-order valence-corrected chi connectivity index (χ0v) is 11.5. The van der Waals surface area contributed by atoms with E-state index in [2.05, 4.69) is 57.9 Å². The van der Waals surface area contributed by atoms with Crippen LogP contribution < -0.4 is 10.6 Å². The number of halogens is 1. The first-order chi connectivity index (χ1) is 7.73. The van der Waals surface area contributed by atoms with Gasteiger partial charge in [-0.25, -0.2) is 0 Å². The molecule has 1 aliphatic carbocycles. The molecule has 0 spiro atoms. The van der Waals surface area contributed by atoms with Gasteiger partial charge in [-0.05, 0) is 38.6 Å². The van der Waals surface area contributed by atoms with Crippen molar-refractivity contribution in [2.75, 3.05) is 20.6 Å². The van der Waals surface area contributed by atoms with Gasteiger partial charge in [-0.3, -0.25) is 0 Å². The van der Waals surface area contributed by atoms with Crippen LogP contribution in [0.25, 0.3) is 0 Å². The molecule has 1 atom stereocenters. The zero-order valence-electron chi connectivity index (χ0n) is 9.89. The molecule has 0 saturated heterocycles. The van der Waals surface area contributed by atoms with Crippen molar-refractivity contribution in [2.45, 2.75) is 18.9 Å². The van der Waals surface area contributed by atoms with Crippen LogP contribution in [0, 0.1) is 5.41 Å². The highest BCUT2D eigenvalue weighted by atomic mass is 79.9. The maximum absolute atomic E-state index is 3.65. The lowest BCUT2D eigenvalue weighted by atomic mass is 9.90. The van der Waals surface area contributed by atoms with Gasteiger partial charge >= 0.3 is 0 Å². The summed E-state index contributed by atoms with van der Waals surface area (Å²) in [5, 5.41) is 6.80. The highest BCUT2D eigenvalue weighted by Crippen LogP contribution is 2.55. The summed E-state index contributed by atoms with van der Waals surface area (Å²) in [5.41, 5.74) is 1.78. The molecule has 2 rings (SSSR count). The molecular formula is C13H19BrN2. The Morgan fingerprint density at radius 3 is 2.50 bits per heavy atom. The van der Waals surface area contributed by atoms with Gasteiger partial charge in [0, 0.05) is 22.5 Å². The molecule has 0 amide bonds. The van der Waals surface area contributed by atoms with Gasteiger partial charge in [-0.1, -0.05) is 34.1 Å². The summed E-state index contributed by atoms with van der Waals surface area (Å²) in [7, 11) is 4.09. The van der Waals surface area contributed by atoms with Crippen LogP contribution >= 0.6 is 15.9 Å². The molecule has 16 heavy (non-hydrogen) atoms. The topological polar surface area (TPSA) is 24.1 Å². The molecule has 1 fully saturated rings. The average molecular weight is 283 g/mol. The van der Waals surface area contributed by atoms with E-state index in [0.717, 1.165) is 6.54 Å². The lowest BCUT2D eigenvalue weighted by Gasteiger charge is -2.28. The van der Waals surface area contributed by atoms with Gasteiger partial charge in [0.2, 0.25) is 0 Å². The van der Waals surface area contributed by atoms with Crippen molar-refractivity contribution in [1.82, 2.24) is 10.6 Å². The van der Waals surface area contributed by atoms with Gasteiger partial charge in [0.05, 0.1) is 0 Å². The lowest BCUT2D eigenvalue weighted by molar-refractivity contribution is 0.346. The van der Waals surface area contributed by atoms with E-state index in [4.69, 9.17) is 0 Å². The molecule has 0 aromatic heterocycles. The van der Waals surface area contributed by atoms with Gasteiger partial charge in [0.25, 0.3) is 0 Å². The van der Waals surface area contributed by atoms with Crippen molar-refractivity contribution in [3.8, 4) is 0 Å². The molecule has 0 radical (unpaired) electrons. The van der Waals surface area contributed by atoms with Gasteiger partial charge in [0.15, 0.2) is 0 Å². The number of benzene rings is 1. The highest BCUT2D eigenvalue weighted by Gasteiger charge is 2.49. The summed E-state index contributed by atoms with van der Waals surface area (Å²) < 4.78 is 1.21. The second kappa shape index (κ2) is 4.86. The third-order valence-corrected chi connectivity index (χ3v) is 4.26. The quantitative estimate of drug-likeness (QED) is 0.868. The maximum atomic E-state index is 3.65. The van der Waals surface area contributed by atoms with Crippen molar-refractivity contribution < 1.29 is 0 Å². The fraction of sp³-hybridized carbons (Fsp3) is 0.538. The van der Waals surface area contributed by atoms with E-state index in [0.29, 0.717) is 11.5 Å². The summed E-state index contributed by atoms with van der Waals surface area (Å²) in [6.45, 7) is 1.08. The monoisotopic (exact) mass is 282 g/mol. The Kier molecular flexibility index (Phi) is 3.67. The van der Waals surface area contributed by atoms with E-state index in [9.17, 15) is 0 Å². The third-order valence-electron chi connectivity index (χ3n) is 3.54. The summed E-state index contributed by atoms with van der Waals surface area (Å²) >= 11 is 3.65. The molecule has 3 heteroatoms. The fourth-order valence-electron chi connectivity index (χ4n) is 2.58. The van der Waals surface area contributed by atoms with Gasteiger partial charge < -0.3 is 10.6 Å². The summed E-state index contributed by atoms with van der Waals surface area (Å²) in [6.07, 6.45) is 2.61. The van der Waals surface area contributed by atoms with Gasteiger partial charge in [0.1, 0.15) is 0 Å². The average Bonchev–Trinajstić information content (AvgIpc) is 3.03. The standard InChI is InChI=1S/C13H19BrN2/c1-15-9-13(7-8-13)12(16-2)10-5-3-4-6-11(10)14/h3-6,12,15-16H,7-9H2,1-2H3. The summed E-state index contributed by atoms with van der Waals surface area (Å²) in [4.78, 5) is 0. The van der Waals surface area contributed by atoms with E-state index >= 15 is 0 Å². The number of rotatable bonds is 5. The second-order valence-electron chi connectivity index (χ2n) is 4.64. The van der Waals surface area contributed by atoms with Crippen LogP contribution in [0.2, 0.25) is 0 Å².